The Morgan fingerprint density at radius 1 is 1.25 bits per heavy atom. The lowest BCUT2D eigenvalue weighted by Crippen LogP contribution is -2.20. The predicted octanol–water partition coefficient (Wildman–Crippen LogP) is 1.56. The maximum Gasteiger partial charge on any atom is 0.112 e. The fourth-order valence-corrected chi connectivity index (χ4v) is 2.57. The van der Waals surface area contributed by atoms with Crippen LogP contribution in [0.3, 0.4) is 0 Å². The van der Waals surface area contributed by atoms with E-state index in [1.165, 1.54) is 11.1 Å². The number of nitrogens with two attached hydrogens (primary N) is 2. The second-order valence-electron chi connectivity index (χ2n) is 6.41. The number of rotatable bonds is 7. The average Bonchev–Trinajstić information content (AvgIpc) is 2.36. The SMILES string of the molecule is BC(CN)c1c(CCC)ccc(CCC(C)(C)O)c1N. The van der Waals surface area contributed by atoms with E-state index in [9.17, 15) is 5.11 Å². The van der Waals surface area contributed by atoms with E-state index in [1.807, 2.05) is 13.8 Å². The minimum absolute atomic E-state index is 0.277. The minimum atomic E-state index is -0.659. The van der Waals surface area contributed by atoms with Gasteiger partial charge < -0.3 is 16.6 Å². The van der Waals surface area contributed by atoms with E-state index in [-0.39, 0.29) is 5.82 Å². The first-order chi connectivity index (χ1) is 9.30. The molecule has 1 aromatic rings. The molecule has 0 aliphatic rings. The fraction of sp³-hybridized carbons (Fsp3) is 0.625. The molecule has 5 N–H and O–H groups in total. The molecule has 4 heteroatoms. The van der Waals surface area contributed by atoms with Crippen LogP contribution in [0.1, 0.15) is 56.1 Å². The van der Waals surface area contributed by atoms with Gasteiger partial charge >= 0.3 is 0 Å². The molecule has 1 atom stereocenters. The van der Waals surface area contributed by atoms with Crippen molar-refractivity contribution in [3.05, 3.63) is 28.8 Å². The summed E-state index contributed by atoms with van der Waals surface area (Å²) in [6, 6.07) is 4.29. The lowest BCUT2D eigenvalue weighted by Gasteiger charge is -2.22. The van der Waals surface area contributed by atoms with E-state index in [0.717, 1.165) is 30.5 Å². The highest BCUT2D eigenvalue weighted by atomic mass is 16.3. The van der Waals surface area contributed by atoms with E-state index in [4.69, 9.17) is 11.5 Å². The van der Waals surface area contributed by atoms with Crippen LogP contribution in [-0.4, -0.2) is 25.1 Å². The summed E-state index contributed by atoms with van der Waals surface area (Å²) in [5.74, 6) is 0.277. The van der Waals surface area contributed by atoms with Gasteiger partial charge in [0.05, 0.1) is 5.60 Å². The van der Waals surface area contributed by atoms with Gasteiger partial charge in [0, 0.05) is 5.69 Å². The Balaban J connectivity index is 3.10. The maximum atomic E-state index is 9.87. The third-order valence-corrected chi connectivity index (χ3v) is 3.84. The van der Waals surface area contributed by atoms with Crippen molar-refractivity contribution in [1.29, 1.82) is 0 Å². The molecule has 0 saturated carbocycles. The Morgan fingerprint density at radius 3 is 2.35 bits per heavy atom. The van der Waals surface area contributed by atoms with Crippen LogP contribution in [0.25, 0.3) is 0 Å². The number of hydrogen-bond acceptors (Lipinski definition) is 3. The zero-order valence-corrected chi connectivity index (χ0v) is 13.4. The monoisotopic (exact) mass is 276 g/mol. The van der Waals surface area contributed by atoms with Crippen molar-refractivity contribution in [3.8, 4) is 0 Å². The van der Waals surface area contributed by atoms with Crippen molar-refractivity contribution in [3.63, 3.8) is 0 Å². The van der Waals surface area contributed by atoms with E-state index in [2.05, 4.69) is 26.9 Å². The van der Waals surface area contributed by atoms with Crippen LogP contribution >= 0.6 is 0 Å². The first-order valence-electron chi connectivity index (χ1n) is 7.62. The van der Waals surface area contributed by atoms with Gasteiger partial charge in [0.15, 0.2) is 0 Å². The van der Waals surface area contributed by atoms with Crippen LogP contribution in [0.2, 0.25) is 0 Å². The highest BCUT2D eigenvalue weighted by Gasteiger charge is 2.18. The smallest absolute Gasteiger partial charge is 0.112 e. The summed E-state index contributed by atoms with van der Waals surface area (Å²) in [6.45, 7) is 6.45. The molecule has 0 fully saturated rings. The van der Waals surface area contributed by atoms with Gasteiger partial charge in [0.1, 0.15) is 7.85 Å². The number of aryl methyl sites for hydroxylation is 2. The van der Waals surface area contributed by atoms with Crippen molar-refractivity contribution < 1.29 is 5.11 Å². The van der Waals surface area contributed by atoms with Crippen LogP contribution in [0, 0.1) is 0 Å². The zero-order chi connectivity index (χ0) is 15.3. The molecular formula is C16H29BN2O. The molecular weight excluding hydrogens is 247 g/mol. The summed E-state index contributed by atoms with van der Waals surface area (Å²) >= 11 is 0. The topological polar surface area (TPSA) is 72.3 Å². The summed E-state index contributed by atoms with van der Waals surface area (Å²) < 4.78 is 0. The Morgan fingerprint density at radius 2 is 1.85 bits per heavy atom. The van der Waals surface area contributed by atoms with Crippen LogP contribution < -0.4 is 11.5 Å². The average molecular weight is 276 g/mol. The Labute approximate surface area is 124 Å². The number of anilines is 1. The summed E-state index contributed by atoms with van der Waals surface area (Å²) in [6.07, 6.45) is 3.65. The number of hydrogen-bond donors (Lipinski definition) is 3. The third-order valence-electron chi connectivity index (χ3n) is 3.84. The molecule has 0 spiro atoms. The van der Waals surface area contributed by atoms with Crippen molar-refractivity contribution >= 4 is 13.5 Å². The second kappa shape index (κ2) is 7.14. The summed E-state index contributed by atoms with van der Waals surface area (Å²) in [5, 5.41) is 9.87. The van der Waals surface area contributed by atoms with Crippen LogP contribution in [0.15, 0.2) is 12.1 Å². The normalized spacial score (nSPS) is 13.4. The maximum absolute atomic E-state index is 9.87. The number of nitrogen functional groups attached to an aromatic ring is 1. The van der Waals surface area contributed by atoms with Gasteiger partial charge in [-0.15, -0.1) is 0 Å². The molecule has 1 aromatic carbocycles. The van der Waals surface area contributed by atoms with Crippen LogP contribution in [0.5, 0.6) is 0 Å². The van der Waals surface area contributed by atoms with Gasteiger partial charge in [0.2, 0.25) is 0 Å². The van der Waals surface area contributed by atoms with E-state index in [0.29, 0.717) is 13.0 Å². The predicted molar refractivity (Wildman–Crippen MR) is 89.8 cm³/mol. The Hall–Kier alpha value is -0.995. The Kier molecular flexibility index (Phi) is 6.09. The summed E-state index contributed by atoms with van der Waals surface area (Å²) in [5.41, 5.74) is 16.1. The van der Waals surface area contributed by atoms with Gasteiger partial charge in [-0.2, -0.15) is 0 Å². The molecule has 0 aliphatic heterocycles. The molecule has 0 aliphatic carbocycles. The van der Waals surface area contributed by atoms with Crippen molar-refractivity contribution in [2.24, 2.45) is 5.73 Å². The van der Waals surface area contributed by atoms with Gasteiger partial charge in [0.25, 0.3) is 0 Å². The van der Waals surface area contributed by atoms with E-state index >= 15 is 0 Å². The quantitative estimate of drug-likeness (QED) is 0.522. The fourth-order valence-electron chi connectivity index (χ4n) is 2.57. The minimum Gasteiger partial charge on any atom is -0.398 e. The standard InChI is InChI=1S/C16H29BN2O/c1-4-5-11-6-7-12(8-9-16(2,3)20)15(19)14(11)13(17)10-18/h6-7,13,20H,4-5,8-10,17-19H2,1-3H3. The molecule has 112 valence electrons. The van der Waals surface area contributed by atoms with Crippen LogP contribution in [-0.2, 0) is 12.8 Å². The largest absolute Gasteiger partial charge is 0.398 e. The van der Waals surface area contributed by atoms with Crippen LogP contribution in [0.4, 0.5) is 5.69 Å². The lowest BCUT2D eigenvalue weighted by molar-refractivity contribution is 0.0714. The third kappa shape index (κ3) is 4.53. The van der Waals surface area contributed by atoms with Crippen molar-refractivity contribution in [2.75, 3.05) is 12.3 Å². The molecule has 0 saturated heterocycles. The highest BCUT2D eigenvalue weighted by molar-refractivity contribution is 6.13. The molecule has 20 heavy (non-hydrogen) atoms. The molecule has 0 amide bonds. The molecule has 1 rings (SSSR count). The second-order valence-corrected chi connectivity index (χ2v) is 6.41. The first-order valence-corrected chi connectivity index (χ1v) is 7.62. The van der Waals surface area contributed by atoms with E-state index in [1.54, 1.807) is 0 Å². The molecule has 0 radical (unpaired) electrons. The molecule has 0 aromatic heterocycles. The van der Waals surface area contributed by atoms with Crippen molar-refractivity contribution in [2.45, 2.75) is 57.9 Å². The molecule has 1 unspecified atom stereocenters. The van der Waals surface area contributed by atoms with Gasteiger partial charge in [-0.25, -0.2) is 0 Å². The highest BCUT2D eigenvalue weighted by Crippen LogP contribution is 2.30. The molecule has 0 bridgehead atoms. The molecule has 0 heterocycles. The van der Waals surface area contributed by atoms with Gasteiger partial charge in [-0.1, -0.05) is 25.5 Å². The summed E-state index contributed by atoms with van der Waals surface area (Å²) in [4.78, 5) is 0. The van der Waals surface area contributed by atoms with Crippen molar-refractivity contribution in [1.82, 2.24) is 0 Å². The lowest BCUT2D eigenvalue weighted by atomic mass is 9.76. The zero-order valence-electron chi connectivity index (χ0n) is 13.4. The van der Waals surface area contributed by atoms with E-state index < -0.39 is 5.60 Å². The number of aliphatic hydroxyl groups is 1. The number of benzene rings is 1. The molecule has 3 nitrogen and oxygen atoms in total. The first kappa shape index (κ1) is 17.1. The van der Waals surface area contributed by atoms with Gasteiger partial charge in [-0.3, -0.25) is 0 Å². The van der Waals surface area contributed by atoms with Gasteiger partial charge in [-0.05, 0) is 62.2 Å². The summed E-state index contributed by atoms with van der Waals surface area (Å²) in [7, 11) is 2.13. The Bertz CT molecular complexity index is 441.